The highest BCUT2D eigenvalue weighted by atomic mass is 127. The quantitative estimate of drug-likeness (QED) is 0.222. The summed E-state index contributed by atoms with van der Waals surface area (Å²) in [5.74, 6) is 0.912. The van der Waals surface area contributed by atoms with Crippen LogP contribution in [0.1, 0.15) is 62.4 Å². The van der Waals surface area contributed by atoms with Crippen LogP contribution >= 0.6 is 24.0 Å². The number of carbonyl (C=O) groups excluding carboxylic acids is 1. The SMILES string of the molecule is CCN(CC)C(=O)c1ccc(CNC(=NC)NCCCN2CCCCC2C)cc1.I. The second-order valence-electron chi connectivity index (χ2n) is 7.76. The van der Waals surface area contributed by atoms with Crippen LogP contribution in [0.15, 0.2) is 29.3 Å². The Bertz CT molecular complexity index is 645. The van der Waals surface area contributed by atoms with E-state index in [1.54, 1.807) is 7.05 Å². The molecule has 6 nitrogen and oxygen atoms in total. The van der Waals surface area contributed by atoms with Crippen LogP contribution in [-0.4, -0.2) is 67.5 Å². The summed E-state index contributed by atoms with van der Waals surface area (Å²) in [5.41, 5.74) is 1.87. The number of amides is 1. The van der Waals surface area contributed by atoms with Gasteiger partial charge in [0.15, 0.2) is 5.96 Å². The third-order valence-electron chi connectivity index (χ3n) is 5.79. The number of carbonyl (C=O) groups is 1. The van der Waals surface area contributed by atoms with Crippen molar-refractivity contribution < 1.29 is 4.79 Å². The highest BCUT2D eigenvalue weighted by Crippen LogP contribution is 2.16. The summed E-state index contributed by atoms with van der Waals surface area (Å²) < 4.78 is 0. The maximum Gasteiger partial charge on any atom is 0.253 e. The molecule has 0 spiro atoms. The van der Waals surface area contributed by atoms with Crippen molar-refractivity contribution in [2.75, 3.05) is 39.8 Å². The zero-order chi connectivity index (χ0) is 21.1. The standard InChI is InChI=1S/C23H39N5O.HI/c1-5-27(6-2)22(29)21-13-11-20(12-14-21)18-26-23(24-4)25-15-9-17-28-16-8-7-10-19(28)3;/h11-14,19H,5-10,15-18H2,1-4H3,(H2,24,25,26);1H. The lowest BCUT2D eigenvalue weighted by molar-refractivity contribution is 0.0773. The molecule has 170 valence electrons. The number of hydrogen-bond acceptors (Lipinski definition) is 3. The van der Waals surface area contributed by atoms with Gasteiger partial charge < -0.3 is 20.4 Å². The Labute approximate surface area is 199 Å². The van der Waals surface area contributed by atoms with Gasteiger partial charge in [0.05, 0.1) is 0 Å². The fourth-order valence-electron chi connectivity index (χ4n) is 3.84. The van der Waals surface area contributed by atoms with Crippen LogP contribution in [0.3, 0.4) is 0 Å². The summed E-state index contributed by atoms with van der Waals surface area (Å²) in [5, 5.41) is 6.76. The van der Waals surface area contributed by atoms with Gasteiger partial charge in [0.1, 0.15) is 0 Å². The van der Waals surface area contributed by atoms with E-state index in [0.717, 1.165) is 55.7 Å². The maximum absolute atomic E-state index is 12.4. The molecule has 1 fully saturated rings. The molecule has 1 saturated heterocycles. The molecule has 1 amide bonds. The molecule has 0 radical (unpaired) electrons. The van der Waals surface area contributed by atoms with E-state index in [2.05, 4.69) is 27.4 Å². The molecule has 1 aliphatic heterocycles. The number of halogens is 1. The first-order valence-corrected chi connectivity index (χ1v) is 11.2. The van der Waals surface area contributed by atoms with E-state index < -0.39 is 0 Å². The zero-order valence-electron chi connectivity index (χ0n) is 19.1. The number of rotatable bonds is 9. The van der Waals surface area contributed by atoms with Gasteiger partial charge in [-0.15, -0.1) is 24.0 Å². The van der Waals surface area contributed by atoms with Crippen LogP contribution in [0.2, 0.25) is 0 Å². The average molecular weight is 530 g/mol. The predicted octanol–water partition coefficient (Wildman–Crippen LogP) is 3.72. The van der Waals surface area contributed by atoms with Gasteiger partial charge in [-0.1, -0.05) is 18.6 Å². The summed E-state index contributed by atoms with van der Waals surface area (Å²) in [7, 11) is 1.80. The number of guanidine groups is 1. The van der Waals surface area contributed by atoms with Gasteiger partial charge in [-0.25, -0.2) is 0 Å². The van der Waals surface area contributed by atoms with Crippen molar-refractivity contribution in [3.63, 3.8) is 0 Å². The third kappa shape index (κ3) is 8.41. The Morgan fingerprint density at radius 1 is 1.17 bits per heavy atom. The minimum Gasteiger partial charge on any atom is -0.356 e. The van der Waals surface area contributed by atoms with Crippen molar-refractivity contribution in [1.82, 2.24) is 20.4 Å². The maximum atomic E-state index is 12.4. The van der Waals surface area contributed by atoms with E-state index in [0.29, 0.717) is 6.54 Å². The summed E-state index contributed by atoms with van der Waals surface area (Å²) in [4.78, 5) is 21.1. The van der Waals surface area contributed by atoms with Crippen LogP contribution in [0.25, 0.3) is 0 Å². The lowest BCUT2D eigenvalue weighted by Gasteiger charge is -2.33. The number of likely N-dealkylation sites (tertiary alicyclic amines) is 1. The summed E-state index contributed by atoms with van der Waals surface area (Å²) in [6, 6.07) is 8.56. The molecular weight excluding hydrogens is 489 g/mol. The van der Waals surface area contributed by atoms with Gasteiger partial charge in [-0.05, 0) is 64.3 Å². The molecule has 1 aliphatic rings. The van der Waals surface area contributed by atoms with E-state index in [1.165, 1.54) is 25.8 Å². The topological polar surface area (TPSA) is 60.0 Å². The fraction of sp³-hybridized carbons (Fsp3) is 0.652. The first kappa shape index (κ1) is 26.7. The molecular formula is C23H40IN5O. The lowest BCUT2D eigenvalue weighted by Crippen LogP contribution is -2.41. The van der Waals surface area contributed by atoms with Crippen molar-refractivity contribution in [3.8, 4) is 0 Å². The van der Waals surface area contributed by atoms with Crippen molar-refractivity contribution >= 4 is 35.8 Å². The molecule has 30 heavy (non-hydrogen) atoms. The molecule has 1 atom stereocenters. The molecule has 1 aromatic rings. The highest BCUT2D eigenvalue weighted by molar-refractivity contribution is 14.0. The van der Waals surface area contributed by atoms with E-state index in [9.17, 15) is 4.79 Å². The smallest absolute Gasteiger partial charge is 0.253 e. The van der Waals surface area contributed by atoms with Crippen molar-refractivity contribution in [3.05, 3.63) is 35.4 Å². The van der Waals surface area contributed by atoms with Crippen LogP contribution in [0.4, 0.5) is 0 Å². The molecule has 1 heterocycles. The van der Waals surface area contributed by atoms with E-state index in [4.69, 9.17) is 0 Å². The number of nitrogens with zero attached hydrogens (tertiary/aromatic N) is 3. The number of piperidine rings is 1. The van der Waals surface area contributed by atoms with Crippen LogP contribution in [0.5, 0.6) is 0 Å². The summed E-state index contributed by atoms with van der Waals surface area (Å²) in [6.45, 7) is 11.8. The Hall–Kier alpha value is -1.35. The largest absolute Gasteiger partial charge is 0.356 e. The van der Waals surface area contributed by atoms with Crippen LogP contribution in [-0.2, 0) is 6.54 Å². The molecule has 1 unspecified atom stereocenters. The number of hydrogen-bond donors (Lipinski definition) is 2. The second kappa shape index (κ2) is 14.6. The molecule has 2 rings (SSSR count). The first-order chi connectivity index (χ1) is 14.1. The number of benzene rings is 1. The number of nitrogens with one attached hydrogen (secondary N) is 2. The van der Waals surface area contributed by atoms with Gasteiger partial charge in [0.25, 0.3) is 5.91 Å². The van der Waals surface area contributed by atoms with Crippen molar-refractivity contribution in [2.24, 2.45) is 4.99 Å². The molecule has 0 aromatic heterocycles. The van der Waals surface area contributed by atoms with E-state index in [1.807, 2.05) is 43.0 Å². The second-order valence-corrected chi connectivity index (χ2v) is 7.76. The first-order valence-electron chi connectivity index (χ1n) is 11.2. The van der Waals surface area contributed by atoms with Gasteiger partial charge in [-0.3, -0.25) is 9.79 Å². The van der Waals surface area contributed by atoms with E-state index in [-0.39, 0.29) is 29.9 Å². The van der Waals surface area contributed by atoms with Gasteiger partial charge in [0, 0.05) is 51.4 Å². The van der Waals surface area contributed by atoms with Crippen LogP contribution in [0, 0.1) is 0 Å². The van der Waals surface area contributed by atoms with Crippen molar-refractivity contribution in [1.29, 1.82) is 0 Å². The molecule has 1 aromatic carbocycles. The molecule has 0 saturated carbocycles. The molecule has 2 N–H and O–H groups in total. The lowest BCUT2D eigenvalue weighted by atomic mass is 10.0. The Morgan fingerprint density at radius 3 is 2.47 bits per heavy atom. The number of aliphatic imine (C=N–C) groups is 1. The Kier molecular flexibility index (Phi) is 13.0. The average Bonchev–Trinajstić information content (AvgIpc) is 2.75. The minimum absolute atomic E-state index is 0. The normalized spacial score (nSPS) is 17.2. The molecule has 0 aliphatic carbocycles. The fourth-order valence-corrected chi connectivity index (χ4v) is 3.84. The zero-order valence-corrected chi connectivity index (χ0v) is 21.4. The van der Waals surface area contributed by atoms with Crippen molar-refractivity contribution in [2.45, 2.75) is 59.0 Å². The highest BCUT2D eigenvalue weighted by Gasteiger charge is 2.17. The molecule has 7 heteroatoms. The van der Waals surface area contributed by atoms with Gasteiger partial charge in [-0.2, -0.15) is 0 Å². The molecule has 0 bridgehead atoms. The van der Waals surface area contributed by atoms with E-state index >= 15 is 0 Å². The predicted molar refractivity (Wildman–Crippen MR) is 137 cm³/mol. The monoisotopic (exact) mass is 529 g/mol. The van der Waals surface area contributed by atoms with Crippen LogP contribution < -0.4 is 10.6 Å². The van der Waals surface area contributed by atoms with Gasteiger partial charge >= 0.3 is 0 Å². The summed E-state index contributed by atoms with van der Waals surface area (Å²) >= 11 is 0. The Morgan fingerprint density at radius 2 is 1.87 bits per heavy atom. The van der Waals surface area contributed by atoms with Gasteiger partial charge in [0.2, 0.25) is 0 Å². The minimum atomic E-state index is 0. The third-order valence-corrected chi connectivity index (χ3v) is 5.79. The summed E-state index contributed by atoms with van der Waals surface area (Å²) in [6.07, 6.45) is 5.15. The Balaban J connectivity index is 0.00000450.